The Bertz CT molecular complexity index is 1290. The van der Waals surface area contributed by atoms with E-state index in [1.165, 1.54) is 0 Å². The molecule has 1 saturated heterocycles. The van der Waals surface area contributed by atoms with Crippen molar-refractivity contribution in [3.05, 3.63) is 94.4 Å². The fourth-order valence-corrected chi connectivity index (χ4v) is 4.99. The van der Waals surface area contributed by atoms with E-state index >= 15 is 0 Å². The molecule has 0 unspecified atom stereocenters. The molecule has 0 aromatic heterocycles. The van der Waals surface area contributed by atoms with Gasteiger partial charge in [-0.05, 0) is 47.7 Å². The molecule has 2 aliphatic heterocycles. The van der Waals surface area contributed by atoms with Crippen molar-refractivity contribution >= 4 is 34.9 Å². The lowest BCUT2D eigenvalue weighted by molar-refractivity contribution is -0.124. The molecule has 0 radical (unpaired) electrons. The monoisotopic (exact) mass is 486 g/mol. The van der Waals surface area contributed by atoms with Gasteiger partial charge in [0.15, 0.2) is 0 Å². The molecule has 0 saturated carbocycles. The van der Waals surface area contributed by atoms with Crippen molar-refractivity contribution < 1.29 is 23.9 Å². The van der Waals surface area contributed by atoms with E-state index in [1.807, 2.05) is 60.7 Å². The standard InChI is InChI=1S/C27H22N2O5S/c1-33-18-12-10-17(11-13-18)16-23-26(31)29(27(32)35-23)15-14-28-25(30)24-19-6-2-4-8-21(19)34-22-9-5-3-7-20(22)24/h2-13,16,24H,14-15H2,1H3,(H,28,30). The number of hydrogen-bond acceptors (Lipinski definition) is 6. The number of benzene rings is 3. The van der Waals surface area contributed by atoms with Crippen LogP contribution >= 0.6 is 11.8 Å². The molecule has 8 heteroatoms. The maximum Gasteiger partial charge on any atom is 0.293 e. The molecule has 0 atom stereocenters. The van der Waals surface area contributed by atoms with Crippen molar-refractivity contribution in [2.45, 2.75) is 5.92 Å². The van der Waals surface area contributed by atoms with Gasteiger partial charge in [-0.15, -0.1) is 0 Å². The number of rotatable bonds is 6. The molecule has 1 N–H and O–H groups in total. The summed E-state index contributed by atoms with van der Waals surface area (Å²) >= 11 is 0.893. The molecule has 0 aliphatic carbocycles. The Morgan fingerprint density at radius 3 is 2.26 bits per heavy atom. The van der Waals surface area contributed by atoms with Gasteiger partial charge in [-0.1, -0.05) is 48.5 Å². The topological polar surface area (TPSA) is 84.9 Å². The lowest BCUT2D eigenvalue weighted by Gasteiger charge is -2.27. The van der Waals surface area contributed by atoms with E-state index in [0.29, 0.717) is 22.2 Å². The van der Waals surface area contributed by atoms with Gasteiger partial charge in [0.05, 0.1) is 17.9 Å². The van der Waals surface area contributed by atoms with E-state index in [1.54, 1.807) is 25.3 Å². The summed E-state index contributed by atoms with van der Waals surface area (Å²) < 4.78 is 11.1. The first-order valence-electron chi connectivity index (χ1n) is 11.1. The SMILES string of the molecule is COc1ccc(C=C2SC(=O)N(CCNC(=O)C3c4ccccc4Oc4ccccc43)C2=O)cc1. The number of carbonyl (C=O) groups is 3. The molecule has 3 aromatic rings. The minimum atomic E-state index is -0.541. The lowest BCUT2D eigenvalue weighted by atomic mass is 9.87. The van der Waals surface area contributed by atoms with E-state index in [9.17, 15) is 14.4 Å². The Labute approximate surface area is 206 Å². The summed E-state index contributed by atoms with van der Waals surface area (Å²) in [6.45, 7) is 0.233. The van der Waals surface area contributed by atoms with Crippen LogP contribution in [0.4, 0.5) is 4.79 Å². The molecule has 1 fully saturated rings. The molecular weight excluding hydrogens is 464 g/mol. The second-order valence-electron chi connectivity index (χ2n) is 8.01. The fourth-order valence-electron chi connectivity index (χ4n) is 4.13. The molecular formula is C27H22N2O5S. The van der Waals surface area contributed by atoms with Crippen LogP contribution in [-0.4, -0.2) is 42.2 Å². The predicted octanol–water partition coefficient (Wildman–Crippen LogP) is 4.79. The summed E-state index contributed by atoms with van der Waals surface area (Å²) in [6.07, 6.45) is 1.68. The van der Waals surface area contributed by atoms with Gasteiger partial charge in [-0.25, -0.2) is 0 Å². The smallest absolute Gasteiger partial charge is 0.293 e. The van der Waals surface area contributed by atoms with Crippen molar-refractivity contribution in [1.29, 1.82) is 0 Å². The van der Waals surface area contributed by atoms with Gasteiger partial charge in [-0.2, -0.15) is 0 Å². The van der Waals surface area contributed by atoms with Gasteiger partial charge < -0.3 is 14.8 Å². The first-order valence-corrected chi connectivity index (χ1v) is 11.9. The maximum absolute atomic E-state index is 13.2. The van der Waals surface area contributed by atoms with E-state index in [2.05, 4.69) is 5.32 Å². The van der Waals surface area contributed by atoms with Crippen LogP contribution < -0.4 is 14.8 Å². The normalized spacial score (nSPS) is 16.0. The number of imide groups is 1. The van der Waals surface area contributed by atoms with Crippen LogP contribution in [0.5, 0.6) is 17.2 Å². The van der Waals surface area contributed by atoms with Crippen LogP contribution in [0, 0.1) is 0 Å². The van der Waals surface area contributed by atoms with E-state index in [-0.39, 0.29) is 30.1 Å². The van der Waals surface area contributed by atoms with E-state index < -0.39 is 5.92 Å². The van der Waals surface area contributed by atoms with Gasteiger partial charge >= 0.3 is 0 Å². The zero-order valence-corrected chi connectivity index (χ0v) is 19.7. The van der Waals surface area contributed by atoms with Crippen LogP contribution in [0.15, 0.2) is 77.7 Å². The first kappa shape index (κ1) is 22.7. The molecule has 35 heavy (non-hydrogen) atoms. The molecule has 7 nitrogen and oxygen atoms in total. The van der Waals surface area contributed by atoms with Crippen molar-refractivity contribution in [2.24, 2.45) is 0 Å². The number of nitrogens with one attached hydrogen (secondary N) is 1. The summed E-state index contributed by atoms with van der Waals surface area (Å²) in [5.41, 5.74) is 2.34. The second kappa shape index (κ2) is 9.68. The fraction of sp³-hybridized carbons (Fsp3) is 0.148. The molecule has 3 amide bonds. The number of thioether (sulfide) groups is 1. The van der Waals surface area contributed by atoms with E-state index in [4.69, 9.17) is 9.47 Å². The highest BCUT2D eigenvalue weighted by molar-refractivity contribution is 8.18. The van der Waals surface area contributed by atoms with Gasteiger partial charge in [-0.3, -0.25) is 19.3 Å². The van der Waals surface area contributed by atoms with Crippen molar-refractivity contribution in [2.75, 3.05) is 20.2 Å². The summed E-state index contributed by atoms with van der Waals surface area (Å²) in [5, 5.41) is 2.54. The van der Waals surface area contributed by atoms with Gasteiger partial charge in [0.1, 0.15) is 17.2 Å². The van der Waals surface area contributed by atoms with Gasteiger partial charge in [0.2, 0.25) is 5.91 Å². The Morgan fingerprint density at radius 1 is 1.00 bits per heavy atom. The Balaban J connectivity index is 1.26. The number of fused-ring (bicyclic) bond motifs is 2. The second-order valence-corrected chi connectivity index (χ2v) is 9.00. The average molecular weight is 487 g/mol. The largest absolute Gasteiger partial charge is 0.497 e. The minimum Gasteiger partial charge on any atom is -0.497 e. The van der Waals surface area contributed by atoms with Crippen LogP contribution in [0.2, 0.25) is 0 Å². The molecule has 0 spiro atoms. The predicted molar refractivity (Wildman–Crippen MR) is 133 cm³/mol. The molecule has 3 aromatic carbocycles. The summed E-state index contributed by atoms with van der Waals surface area (Å²) in [7, 11) is 1.58. The van der Waals surface area contributed by atoms with Gasteiger partial charge in [0.25, 0.3) is 11.1 Å². The van der Waals surface area contributed by atoms with Crippen LogP contribution in [0.25, 0.3) is 6.08 Å². The average Bonchev–Trinajstić information content (AvgIpc) is 3.14. The number of nitrogens with zero attached hydrogens (tertiary/aromatic N) is 1. The third-order valence-electron chi connectivity index (χ3n) is 5.86. The van der Waals surface area contributed by atoms with Crippen molar-refractivity contribution in [1.82, 2.24) is 10.2 Å². The summed E-state index contributed by atoms with van der Waals surface area (Å²) in [5.74, 6) is 0.865. The number of carbonyl (C=O) groups excluding carboxylic acids is 3. The number of para-hydroxylation sites is 2. The zero-order chi connectivity index (χ0) is 24.4. The summed E-state index contributed by atoms with van der Waals surface area (Å²) in [6, 6.07) is 22.1. The number of ether oxygens (including phenoxy) is 2. The minimum absolute atomic E-state index is 0.0862. The van der Waals surface area contributed by atoms with Crippen LogP contribution in [0.3, 0.4) is 0 Å². The first-order chi connectivity index (χ1) is 17.0. The highest BCUT2D eigenvalue weighted by atomic mass is 32.2. The molecule has 176 valence electrons. The Kier molecular flexibility index (Phi) is 6.29. The molecule has 2 heterocycles. The zero-order valence-electron chi connectivity index (χ0n) is 18.9. The quantitative estimate of drug-likeness (QED) is 0.505. The highest BCUT2D eigenvalue weighted by Crippen LogP contribution is 2.43. The maximum atomic E-state index is 13.2. The molecule has 0 bridgehead atoms. The Hall–Kier alpha value is -4.04. The third-order valence-corrected chi connectivity index (χ3v) is 6.77. The van der Waals surface area contributed by atoms with Crippen molar-refractivity contribution in [3.8, 4) is 17.2 Å². The van der Waals surface area contributed by atoms with Gasteiger partial charge in [0, 0.05) is 24.2 Å². The number of hydrogen-bond donors (Lipinski definition) is 1. The van der Waals surface area contributed by atoms with Crippen LogP contribution in [0.1, 0.15) is 22.6 Å². The summed E-state index contributed by atoms with van der Waals surface area (Å²) in [4.78, 5) is 40.0. The molecule has 5 rings (SSSR count). The third kappa shape index (κ3) is 4.52. The lowest BCUT2D eigenvalue weighted by Crippen LogP contribution is -2.39. The molecule has 2 aliphatic rings. The number of methoxy groups -OCH3 is 1. The number of amides is 3. The Morgan fingerprint density at radius 2 is 1.63 bits per heavy atom. The van der Waals surface area contributed by atoms with Crippen LogP contribution in [-0.2, 0) is 9.59 Å². The van der Waals surface area contributed by atoms with Crippen molar-refractivity contribution in [3.63, 3.8) is 0 Å². The van der Waals surface area contributed by atoms with E-state index in [0.717, 1.165) is 33.4 Å². The highest BCUT2D eigenvalue weighted by Gasteiger charge is 2.36.